The van der Waals surface area contributed by atoms with Crippen LogP contribution in [0.15, 0.2) is 28.7 Å². The van der Waals surface area contributed by atoms with Crippen LogP contribution >= 0.6 is 15.9 Å². The van der Waals surface area contributed by atoms with Crippen molar-refractivity contribution in [1.82, 2.24) is 5.32 Å². The van der Waals surface area contributed by atoms with Gasteiger partial charge in [-0.15, -0.1) is 0 Å². The van der Waals surface area contributed by atoms with Gasteiger partial charge in [-0.3, -0.25) is 0 Å². The van der Waals surface area contributed by atoms with Crippen LogP contribution in [0, 0.1) is 0 Å². The first kappa shape index (κ1) is 12.3. The van der Waals surface area contributed by atoms with Crippen molar-refractivity contribution in [3.63, 3.8) is 0 Å². The van der Waals surface area contributed by atoms with Crippen LogP contribution in [0.25, 0.3) is 0 Å². The molecule has 1 fully saturated rings. The lowest BCUT2D eigenvalue weighted by molar-refractivity contribution is -0.134. The summed E-state index contributed by atoms with van der Waals surface area (Å²) >= 11 is 3.24. The Kier molecular flexibility index (Phi) is 2.85. The molecule has 0 bridgehead atoms. The van der Waals surface area contributed by atoms with Crippen molar-refractivity contribution in [1.29, 1.82) is 0 Å². The molecule has 0 aromatic heterocycles. The van der Waals surface area contributed by atoms with Crippen LogP contribution in [0.3, 0.4) is 0 Å². The topological polar surface area (TPSA) is 49.3 Å². The number of carbonyl (C=O) groups is 1. The van der Waals surface area contributed by atoms with Gasteiger partial charge >= 0.3 is 6.09 Å². The minimum atomic E-state index is -2.80. The van der Waals surface area contributed by atoms with Gasteiger partial charge in [0, 0.05) is 17.3 Å². The normalized spacial score (nSPS) is 20.4. The summed E-state index contributed by atoms with van der Waals surface area (Å²) in [6.45, 7) is 0. The van der Waals surface area contributed by atoms with E-state index >= 15 is 0 Å². The van der Waals surface area contributed by atoms with Gasteiger partial charge in [0.2, 0.25) is 0 Å². The summed E-state index contributed by atoms with van der Waals surface area (Å²) in [5.74, 6) is -2.80. The maximum atomic E-state index is 13.0. The number of benzene rings is 1. The van der Waals surface area contributed by atoms with Gasteiger partial charge in [0.05, 0.1) is 5.54 Å². The minimum Gasteiger partial charge on any atom is -0.465 e. The molecule has 6 heteroatoms. The first-order valence-electron chi connectivity index (χ1n) is 4.98. The van der Waals surface area contributed by atoms with Crippen LogP contribution in [0.5, 0.6) is 0 Å². The van der Waals surface area contributed by atoms with Gasteiger partial charge in [-0.25, -0.2) is 13.6 Å². The van der Waals surface area contributed by atoms with Crippen molar-refractivity contribution in [2.75, 3.05) is 0 Å². The summed E-state index contributed by atoms with van der Waals surface area (Å²) < 4.78 is 26.8. The summed E-state index contributed by atoms with van der Waals surface area (Å²) in [5.41, 5.74) is -0.593. The summed E-state index contributed by atoms with van der Waals surface area (Å²) in [4.78, 5) is 10.7. The van der Waals surface area contributed by atoms with Crippen molar-refractivity contribution < 1.29 is 18.7 Å². The zero-order valence-corrected chi connectivity index (χ0v) is 10.3. The Morgan fingerprint density at radius 3 is 2.24 bits per heavy atom. The molecule has 92 valence electrons. The third-order valence-corrected chi connectivity index (χ3v) is 3.39. The van der Waals surface area contributed by atoms with E-state index in [0.29, 0.717) is 5.56 Å². The average molecular weight is 306 g/mol. The molecule has 2 N–H and O–H groups in total. The third kappa shape index (κ3) is 2.41. The maximum Gasteiger partial charge on any atom is 0.405 e. The molecule has 1 amide bonds. The lowest BCUT2D eigenvalue weighted by atomic mass is 9.69. The van der Waals surface area contributed by atoms with Crippen LogP contribution in [-0.4, -0.2) is 17.1 Å². The quantitative estimate of drug-likeness (QED) is 0.880. The monoisotopic (exact) mass is 305 g/mol. The van der Waals surface area contributed by atoms with Crippen LogP contribution in [0.1, 0.15) is 18.4 Å². The van der Waals surface area contributed by atoms with E-state index in [9.17, 15) is 13.6 Å². The van der Waals surface area contributed by atoms with E-state index in [0.717, 1.165) is 4.47 Å². The minimum absolute atomic E-state index is 0.492. The Morgan fingerprint density at radius 1 is 1.29 bits per heavy atom. The highest BCUT2D eigenvalue weighted by molar-refractivity contribution is 9.10. The van der Waals surface area contributed by atoms with Crippen LogP contribution in [0.4, 0.5) is 13.6 Å². The SMILES string of the molecule is O=C(O)NC1(c2ccc(Br)cc2)CC(F)(F)C1. The molecule has 1 aliphatic rings. The number of nitrogens with one attached hydrogen (secondary N) is 1. The Bertz CT molecular complexity index is 439. The molecule has 1 aromatic rings. The number of carboxylic acid groups (broad SMARTS) is 1. The van der Waals surface area contributed by atoms with E-state index in [1.54, 1.807) is 24.3 Å². The number of halogens is 3. The van der Waals surface area contributed by atoms with Crippen molar-refractivity contribution in [2.24, 2.45) is 0 Å². The smallest absolute Gasteiger partial charge is 0.405 e. The lowest BCUT2D eigenvalue weighted by Gasteiger charge is -2.47. The lowest BCUT2D eigenvalue weighted by Crippen LogP contribution is -2.59. The molecular weight excluding hydrogens is 296 g/mol. The molecule has 0 aliphatic heterocycles. The largest absolute Gasteiger partial charge is 0.465 e. The summed E-state index contributed by atoms with van der Waals surface area (Å²) in [7, 11) is 0. The first-order valence-corrected chi connectivity index (χ1v) is 5.77. The summed E-state index contributed by atoms with van der Waals surface area (Å²) in [6.07, 6.45) is -2.27. The van der Waals surface area contributed by atoms with E-state index in [1.165, 1.54) is 0 Å². The van der Waals surface area contributed by atoms with Crippen molar-refractivity contribution in [2.45, 2.75) is 24.3 Å². The number of rotatable bonds is 2. The van der Waals surface area contributed by atoms with Crippen LogP contribution < -0.4 is 5.32 Å². The molecule has 0 radical (unpaired) electrons. The molecule has 0 unspecified atom stereocenters. The molecule has 1 aromatic carbocycles. The van der Waals surface area contributed by atoms with E-state index in [4.69, 9.17) is 5.11 Å². The molecule has 17 heavy (non-hydrogen) atoms. The second kappa shape index (κ2) is 3.94. The average Bonchev–Trinajstić information content (AvgIpc) is 2.14. The highest BCUT2D eigenvalue weighted by Gasteiger charge is 2.58. The predicted octanol–water partition coefficient (Wildman–Crippen LogP) is 3.34. The molecule has 0 heterocycles. The van der Waals surface area contributed by atoms with Crippen LogP contribution in [-0.2, 0) is 5.54 Å². The van der Waals surface area contributed by atoms with Gasteiger partial charge in [-0.1, -0.05) is 28.1 Å². The van der Waals surface area contributed by atoms with Gasteiger partial charge in [0.25, 0.3) is 5.92 Å². The molecule has 2 rings (SSSR count). The van der Waals surface area contributed by atoms with E-state index < -0.39 is 30.4 Å². The molecule has 0 atom stereocenters. The van der Waals surface area contributed by atoms with Gasteiger partial charge in [0.15, 0.2) is 0 Å². The number of hydrogen-bond donors (Lipinski definition) is 2. The summed E-state index contributed by atoms with van der Waals surface area (Å²) in [5, 5.41) is 10.9. The van der Waals surface area contributed by atoms with E-state index in [2.05, 4.69) is 21.2 Å². The molecule has 1 saturated carbocycles. The molecule has 3 nitrogen and oxygen atoms in total. The fourth-order valence-electron chi connectivity index (χ4n) is 2.17. The molecular formula is C11H10BrF2NO2. The van der Waals surface area contributed by atoms with Crippen LogP contribution in [0.2, 0.25) is 0 Å². The van der Waals surface area contributed by atoms with E-state index in [1.807, 2.05) is 0 Å². The van der Waals surface area contributed by atoms with Crippen molar-refractivity contribution in [3.05, 3.63) is 34.3 Å². The zero-order valence-electron chi connectivity index (χ0n) is 8.71. The van der Waals surface area contributed by atoms with Crippen molar-refractivity contribution >= 4 is 22.0 Å². The predicted molar refractivity (Wildman–Crippen MR) is 61.2 cm³/mol. The standard InChI is InChI=1S/C11H10BrF2NO2/c12-8-3-1-7(2-4-8)10(15-9(16)17)5-11(13,14)6-10/h1-4,15H,5-6H2,(H,16,17). The highest BCUT2D eigenvalue weighted by atomic mass is 79.9. The Balaban J connectivity index is 2.29. The number of alkyl halides is 2. The summed E-state index contributed by atoms with van der Waals surface area (Å²) in [6, 6.07) is 6.71. The van der Waals surface area contributed by atoms with Gasteiger partial charge < -0.3 is 10.4 Å². The van der Waals surface area contributed by atoms with E-state index in [-0.39, 0.29) is 0 Å². The fourth-order valence-corrected chi connectivity index (χ4v) is 2.43. The second-order valence-electron chi connectivity index (χ2n) is 4.23. The van der Waals surface area contributed by atoms with Gasteiger partial charge in [-0.2, -0.15) is 0 Å². The number of hydrogen-bond acceptors (Lipinski definition) is 1. The highest BCUT2D eigenvalue weighted by Crippen LogP contribution is 2.51. The third-order valence-electron chi connectivity index (χ3n) is 2.86. The number of amides is 1. The van der Waals surface area contributed by atoms with Gasteiger partial charge in [0.1, 0.15) is 0 Å². The maximum absolute atomic E-state index is 13.0. The second-order valence-corrected chi connectivity index (χ2v) is 5.14. The Morgan fingerprint density at radius 2 is 1.82 bits per heavy atom. The van der Waals surface area contributed by atoms with Gasteiger partial charge in [-0.05, 0) is 17.7 Å². The zero-order chi connectivity index (χ0) is 12.7. The fraction of sp³-hybridized carbons (Fsp3) is 0.364. The Hall–Kier alpha value is -1.17. The first-order chi connectivity index (χ1) is 7.83. The molecule has 0 spiro atoms. The van der Waals surface area contributed by atoms with Crippen molar-refractivity contribution in [3.8, 4) is 0 Å². The molecule has 0 saturated heterocycles. The Labute approximate surface area is 105 Å². The molecule has 1 aliphatic carbocycles.